The Hall–Kier alpha value is -4.47. The molecule has 0 fully saturated rings. The van der Waals surface area contributed by atoms with Crippen molar-refractivity contribution in [1.82, 2.24) is 10.6 Å². The zero-order chi connectivity index (χ0) is 31.1. The van der Waals surface area contributed by atoms with Crippen LogP contribution in [0.1, 0.15) is 56.5 Å². The highest BCUT2D eigenvalue weighted by Gasteiger charge is 2.30. The molecule has 230 valence electrons. The first-order valence-corrected chi connectivity index (χ1v) is 14.6. The Morgan fingerprint density at radius 2 is 1.84 bits per heavy atom. The molecule has 43 heavy (non-hydrogen) atoms. The number of furan rings is 1. The maximum Gasteiger partial charge on any atom is 0.242 e. The predicted molar refractivity (Wildman–Crippen MR) is 165 cm³/mol. The first-order chi connectivity index (χ1) is 20.7. The summed E-state index contributed by atoms with van der Waals surface area (Å²) in [6.07, 6.45) is 4.04. The average molecular weight is 592 g/mol. The minimum Gasteiger partial charge on any atom is -0.493 e. The van der Waals surface area contributed by atoms with Crippen LogP contribution in [0.25, 0.3) is 11.1 Å². The molecule has 1 aliphatic rings. The molecule has 0 aliphatic heterocycles. The molecule has 3 aromatic rings. The third kappa shape index (κ3) is 6.96. The Morgan fingerprint density at radius 3 is 2.47 bits per heavy atom. The molecule has 1 aromatic heterocycles. The molecule has 0 spiro atoms. The Balaban J connectivity index is 1.79. The number of carbonyl (C=O) groups is 2. The largest absolute Gasteiger partial charge is 0.493 e. The van der Waals surface area contributed by atoms with Crippen molar-refractivity contribution < 1.29 is 28.2 Å². The Labute approximate surface area is 252 Å². The fourth-order valence-corrected chi connectivity index (χ4v) is 5.57. The number of anilines is 1. The van der Waals surface area contributed by atoms with Gasteiger partial charge in [0.25, 0.3) is 0 Å². The monoisotopic (exact) mass is 591 g/mol. The number of benzene rings is 1. The first kappa shape index (κ1) is 31.5. The molecule has 0 radical (unpaired) electrons. The third-order valence-corrected chi connectivity index (χ3v) is 7.97. The fourth-order valence-electron chi connectivity index (χ4n) is 5.57. The van der Waals surface area contributed by atoms with Crippen molar-refractivity contribution in [2.45, 2.75) is 58.5 Å². The summed E-state index contributed by atoms with van der Waals surface area (Å²) >= 11 is 0. The van der Waals surface area contributed by atoms with Gasteiger partial charge < -0.3 is 34.6 Å². The summed E-state index contributed by atoms with van der Waals surface area (Å²) in [7, 11) is 4.67. The highest BCUT2D eigenvalue weighted by molar-refractivity contribution is 5.86. The van der Waals surface area contributed by atoms with E-state index in [1.165, 1.54) is 6.92 Å². The van der Waals surface area contributed by atoms with Gasteiger partial charge in [-0.15, -0.1) is 0 Å². The molecule has 4 rings (SSSR count). The molecule has 0 bridgehead atoms. The van der Waals surface area contributed by atoms with Gasteiger partial charge in [0.15, 0.2) is 11.5 Å². The van der Waals surface area contributed by atoms with Crippen molar-refractivity contribution >= 4 is 17.5 Å². The first-order valence-electron chi connectivity index (χ1n) is 14.6. The van der Waals surface area contributed by atoms with E-state index in [-0.39, 0.29) is 28.8 Å². The zero-order valence-electron chi connectivity index (χ0n) is 25.7. The number of hydrogen-bond acceptors (Lipinski definition) is 8. The molecule has 0 saturated heterocycles. The van der Waals surface area contributed by atoms with Crippen LogP contribution in [0.2, 0.25) is 0 Å². The molecule has 3 unspecified atom stereocenters. The summed E-state index contributed by atoms with van der Waals surface area (Å²) in [5.74, 6) is 1.75. The number of amides is 2. The topological polar surface area (TPSA) is 128 Å². The van der Waals surface area contributed by atoms with Crippen molar-refractivity contribution in [3.8, 4) is 28.4 Å². The van der Waals surface area contributed by atoms with Crippen molar-refractivity contribution in [3.63, 3.8) is 0 Å². The van der Waals surface area contributed by atoms with Gasteiger partial charge >= 0.3 is 0 Å². The fraction of sp³-hybridized carbons (Fsp3) is 0.424. The normalized spacial score (nSPS) is 15.2. The summed E-state index contributed by atoms with van der Waals surface area (Å²) in [4.78, 5) is 39.3. The quantitative estimate of drug-likeness (QED) is 0.278. The van der Waals surface area contributed by atoms with Crippen molar-refractivity contribution in [2.75, 3.05) is 33.2 Å². The van der Waals surface area contributed by atoms with Gasteiger partial charge in [0.1, 0.15) is 11.8 Å². The second kappa shape index (κ2) is 14.1. The lowest BCUT2D eigenvalue weighted by molar-refractivity contribution is -0.123. The van der Waals surface area contributed by atoms with Gasteiger partial charge in [0, 0.05) is 25.5 Å². The second-order valence-electron chi connectivity index (χ2n) is 10.7. The van der Waals surface area contributed by atoms with Crippen LogP contribution < -0.4 is 35.6 Å². The van der Waals surface area contributed by atoms with Crippen LogP contribution in [0.15, 0.2) is 51.9 Å². The summed E-state index contributed by atoms with van der Waals surface area (Å²) in [5, 5.41) is 9.23. The van der Waals surface area contributed by atoms with E-state index < -0.39 is 12.1 Å². The average Bonchev–Trinajstić information content (AvgIpc) is 3.41. The van der Waals surface area contributed by atoms with E-state index >= 15 is 0 Å². The molecule has 2 amide bonds. The lowest BCUT2D eigenvalue weighted by Gasteiger charge is -2.24. The van der Waals surface area contributed by atoms with Crippen LogP contribution in [0.3, 0.4) is 0 Å². The van der Waals surface area contributed by atoms with E-state index in [1.807, 2.05) is 38.1 Å². The number of ether oxygens (including phenoxy) is 3. The van der Waals surface area contributed by atoms with Crippen LogP contribution in [0.4, 0.5) is 5.69 Å². The van der Waals surface area contributed by atoms with Crippen molar-refractivity contribution in [3.05, 3.63) is 69.8 Å². The van der Waals surface area contributed by atoms with Crippen LogP contribution in [0.5, 0.6) is 17.2 Å². The van der Waals surface area contributed by atoms with Crippen molar-refractivity contribution in [2.24, 2.45) is 5.92 Å². The molecular formula is C33H41N3O7. The smallest absolute Gasteiger partial charge is 0.242 e. The lowest BCUT2D eigenvalue weighted by atomic mass is 9.95. The van der Waals surface area contributed by atoms with E-state index in [2.05, 4.69) is 16.0 Å². The standard InChI is InChI=1S/C33H41N3O7/c1-7-19(2)30(33(39)34-15-14-22-9-8-16-43-22)36-26-13-11-23-24(18-27(26)38)25(35-20(3)37)12-10-21-17-28(40-4)31(41-5)32(42-6)29(21)23/h8-9,11,13,16-19,25,30H,7,10,12,14-15H2,1-6H3,(H,34,39)(H,35,37)(H,36,38). The van der Waals surface area contributed by atoms with Crippen LogP contribution in [0, 0.1) is 5.92 Å². The number of carbonyl (C=O) groups excluding carboxylic acids is 2. The summed E-state index contributed by atoms with van der Waals surface area (Å²) in [6, 6.07) is 9.60. The Bertz CT molecular complexity index is 1500. The maximum atomic E-state index is 13.8. The van der Waals surface area contributed by atoms with E-state index in [9.17, 15) is 14.4 Å². The number of methoxy groups -OCH3 is 3. The second-order valence-corrected chi connectivity index (χ2v) is 10.7. The van der Waals surface area contributed by atoms with Gasteiger partial charge in [-0.05, 0) is 65.8 Å². The highest BCUT2D eigenvalue weighted by Crippen LogP contribution is 2.50. The summed E-state index contributed by atoms with van der Waals surface area (Å²) in [5.41, 5.74) is 3.06. The van der Waals surface area contributed by atoms with Gasteiger partial charge in [-0.1, -0.05) is 26.3 Å². The van der Waals surface area contributed by atoms with E-state index in [4.69, 9.17) is 18.6 Å². The van der Waals surface area contributed by atoms with E-state index in [1.54, 1.807) is 39.7 Å². The number of rotatable bonds is 12. The molecule has 1 aliphatic carbocycles. The molecule has 3 N–H and O–H groups in total. The van der Waals surface area contributed by atoms with Crippen LogP contribution in [-0.4, -0.2) is 45.7 Å². The zero-order valence-corrected chi connectivity index (χ0v) is 25.7. The molecule has 2 aromatic carbocycles. The maximum absolute atomic E-state index is 13.8. The van der Waals surface area contributed by atoms with Gasteiger partial charge in [0.05, 0.1) is 39.3 Å². The van der Waals surface area contributed by atoms with Gasteiger partial charge in [0.2, 0.25) is 23.0 Å². The van der Waals surface area contributed by atoms with Gasteiger partial charge in [-0.25, -0.2) is 0 Å². The Kier molecular flexibility index (Phi) is 10.3. The molecule has 1 heterocycles. The van der Waals surface area contributed by atoms with Crippen LogP contribution >= 0.6 is 0 Å². The third-order valence-electron chi connectivity index (χ3n) is 7.97. The number of nitrogens with one attached hydrogen (secondary N) is 3. The number of aryl methyl sites for hydroxylation is 1. The summed E-state index contributed by atoms with van der Waals surface area (Å²) in [6.45, 7) is 5.84. The highest BCUT2D eigenvalue weighted by atomic mass is 16.5. The molecular weight excluding hydrogens is 550 g/mol. The minimum atomic E-state index is -0.645. The molecule has 3 atom stereocenters. The number of hydrogen-bond donors (Lipinski definition) is 3. The SMILES string of the molecule is CCC(C)C(Nc1ccc2c(cc1=O)C(NC(C)=O)CCc1cc(OC)c(OC)c(OC)c1-2)C(=O)NCCc1ccco1. The van der Waals surface area contributed by atoms with Gasteiger partial charge in [-0.2, -0.15) is 0 Å². The predicted octanol–water partition coefficient (Wildman–Crippen LogP) is 4.64. The van der Waals surface area contributed by atoms with Crippen LogP contribution in [-0.2, 0) is 22.4 Å². The van der Waals surface area contributed by atoms with Crippen molar-refractivity contribution in [1.29, 1.82) is 0 Å². The van der Waals surface area contributed by atoms with E-state index in [0.29, 0.717) is 48.6 Å². The minimum absolute atomic E-state index is 0.0592. The number of fused-ring (bicyclic) bond motifs is 3. The molecule has 10 heteroatoms. The molecule has 10 nitrogen and oxygen atoms in total. The lowest BCUT2D eigenvalue weighted by Crippen LogP contribution is -2.45. The Morgan fingerprint density at radius 1 is 1.07 bits per heavy atom. The van der Waals surface area contributed by atoms with Gasteiger partial charge in [-0.3, -0.25) is 14.4 Å². The molecule has 0 saturated carbocycles. The summed E-state index contributed by atoms with van der Waals surface area (Å²) < 4.78 is 22.5. The van der Waals surface area contributed by atoms with E-state index in [0.717, 1.165) is 28.9 Å².